The fraction of sp³-hybridized carbons (Fsp3) is 0.188. The largest absolute Gasteiger partial charge is 0.387 e. The lowest BCUT2D eigenvalue weighted by Crippen LogP contribution is -2.20. The molecule has 0 spiro atoms. The minimum Gasteiger partial charge on any atom is -0.387 e. The molecule has 5 heteroatoms. The van der Waals surface area contributed by atoms with Crippen molar-refractivity contribution in [1.82, 2.24) is 15.5 Å². The maximum atomic E-state index is 10.0. The number of benzene rings is 1. The number of aliphatic hydroxyl groups is 1. The van der Waals surface area contributed by atoms with E-state index in [9.17, 15) is 5.11 Å². The summed E-state index contributed by atoms with van der Waals surface area (Å²) in [4.78, 5) is 0. The number of hydrogen-bond acceptors (Lipinski definition) is 4. The molecule has 2 heterocycles. The van der Waals surface area contributed by atoms with Crippen molar-refractivity contribution in [2.45, 2.75) is 12.6 Å². The van der Waals surface area contributed by atoms with Gasteiger partial charge in [-0.25, -0.2) is 0 Å². The van der Waals surface area contributed by atoms with E-state index in [1.54, 1.807) is 11.3 Å². The summed E-state index contributed by atoms with van der Waals surface area (Å²) < 4.78 is 0. The molecule has 108 valence electrons. The van der Waals surface area contributed by atoms with Crippen molar-refractivity contribution in [2.75, 3.05) is 6.54 Å². The predicted octanol–water partition coefficient (Wildman–Crippen LogP) is 2.96. The maximum absolute atomic E-state index is 10.0. The van der Waals surface area contributed by atoms with Crippen molar-refractivity contribution < 1.29 is 5.11 Å². The quantitative estimate of drug-likeness (QED) is 0.656. The Morgan fingerprint density at radius 1 is 1.24 bits per heavy atom. The van der Waals surface area contributed by atoms with Crippen LogP contribution in [-0.4, -0.2) is 21.8 Å². The number of nitrogens with one attached hydrogen (secondary N) is 2. The first-order chi connectivity index (χ1) is 10.3. The minimum atomic E-state index is -0.469. The van der Waals surface area contributed by atoms with E-state index in [2.05, 4.69) is 27.6 Å². The molecule has 2 aromatic heterocycles. The number of aromatic nitrogens is 2. The van der Waals surface area contributed by atoms with Gasteiger partial charge in [-0.2, -0.15) is 16.4 Å². The summed E-state index contributed by atoms with van der Waals surface area (Å²) in [7, 11) is 0. The second-order valence-electron chi connectivity index (χ2n) is 4.84. The highest BCUT2D eigenvalue weighted by Crippen LogP contribution is 2.21. The zero-order valence-electron chi connectivity index (χ0n) is 11.5. The first-order valence-corrected chi connectivity index (χ1v) is 7.77. The van der Waals surface area contributed by atoms with Crippen LogP contribution in [0.5, 0.6) is 0 Å². The first-order valence-electron chi connectivity index (χ1n) is 6.83. The number of aromatic amines is 1. The number of nitrogens with zero attached hydrogens (tertiary/aromatic N) is 1. The number of H-pyrrole nitrogens is 1. The van der Waals surface area contributed by atoms with E-state index in [0.717, 1.165) is 22.4 Å². The van der Waals surface area contributed by atoms with Gasteiger partial charge in [0.15, 0.2) is 0 Å². The van der Waals surface area contributed by atoms with E-state index in [0.29, 0.717) is 13.1 Å². The van der Waals surface area contributed by atoms with Crippen LogP contribution < -0.4 is 5.32 Å². The van der Waals surface area contributed by atoms with Crippen molar-refractivity contribution in [3.05, 3.63) is 64.5 Å². The number of hydrogen-bond donors (Lipinski definition) is 3. The molecular formula is C16H17N3OS. The molecule has 1 atom stereocenters. The van der Waals surface area contributed by atoms with Crippen molar-refractivity contribution >= 4 is 11.3 Å². The van der Waals surface area contributed by atoms with Crippen LogP contribution in [0.25, 0.3) is 11.3 Å². The summed E-state index contributed by atoms with van der Waals surface area (Å²) >= 11 is 1.60. The molecule has 3 rings (SSSR count). The SMILES string of the molecule is OC(CNCc1cn[nH]c1-c1ccccc1)c1ccsc1. The Labute approximate surface area is 127 Å². The Kier molecular flexibility index (Phi) is 4.45. The lowest BCUT2D eigenvalue weighted by atomic mass is 10.1. The van der Waals surface area contributed by atoms with E-state index in [4.69, 9.17) is 0 Å². The Morgan fingerprint density at radius 2 is 2.10 bits per heavy atom. The van der Waals surface area contributed by atoms with Crippen molar-refractivity contribution in [2.24, 2.45) is 0 Å². The Balaban J connectivity index is 1.61. The van der Waals surface area contributed by atoms with Gasteiger partial charge in [-0.05, 0) is 28.0 Å². The summed E-state index contributed by atoms with van der Waals surface area (Å²) in [6, 6.07) is 12.1. The molecule has 1 unspecified atom stereocenters. The lowest BCUT2D eigenvalue weighted by molar-refractivity contribution is 0.175. The third-order valence-electron chi connectivity index (χ3n) is 3.36. The Bertz CT molecular complexity index is 664. The van der Waals surface area contributed by atoms with E-state index in [1.165, 1.54) is 0 Å². The Hall–Kier alpha value is -1.95. The molecule has 0 aliphatic rings. The van der Waals surface area contributed by atoms with Gasteiger partial charge in [-0.3, -0.25) is 5.10 Å². The molecule has 0 aliphatic heterocycles. The van der Waals surface area contributed by atoms with E-state index in [1.807, 2.05) is 41.2 Å². The van der Waals surface area contributed by atoms with E-state index in [-0.39, 0.29) is 0 Å². The summed E-state index contributed by atoms with van der Waals surface area (Å²) in [6.07, 6.45) is 1.36. The zero-order valence-corrected chi connectivity index (χ0v) is 12.3. The van der Waals surface area contributed by atoms with Crippen molar-refractivity contribution in [3.8, 4) is 11.3 Å². The van der Waals surface area contributed by atoms with Crippen LogP contribution in [0, 0.1) is 0 Å². The normalized spacial score (nSPS) is 12.4. The van der Waals surface area contributed by atoms with Gasteiger partial charge in [0.05, 0.1) is 18.0 Å². The second kappa shape index (κ2) is 6.67. The third kappa shape index (κ3) is 3.39. The molecular weight excluding hydrogens is 282 g/mol. The maximum Gasteiger partial charge on any atom is 0.0922 e. The topological polar surface area (TPSA) is 60.9 Å². The molecule has 0 saturated carbocycles. The lowest BCUT2D eigenvalue weighted by Gasteiger charge is -2.10. The van der Waals surface area contributed by atoms with Crippen LogP contribution in [0.4, 0.5) is 0 Å². The summed E-state index contributed by atoms with van der Waals surface area (Å²) in [6.45, 7) is 1.19. The molecule has 3 N–H and O–H groups in total. The standard InChI is InChI=1S/C16H17N3OS/c20-15(13-6-7-21-11-13)10-17-8-14-9-18-19-16(14)12-4-2-1-3-5-12/h1-7,9,11,15,17,20H,8,10H2,(H,18,19). The molecule has 0 saturated heterocycles. The molecule has 0 bridgehead atoms. The average Bonchev–Trinajstić information content (AvgIpc) is 3.20. The van der Waals surface area contributed by atoms with Crippen LogP contribution in [0.1, 0.15) is 17.2 Å². The fourth-order valence-corrected chi connectivity index (χ4v) is 2.93. The summed E-state index contributed by atoms with van der Waals surface area (Å²) in [5.41, 5.74) is 4.19. The third-order valence-corrected chi connectivity index (χ3v) is 4.06. The smallest absolute Gasteiger partial charge is 0.0922 e. The molecule has 4 nitrogen and oxygen atoms in total. The summed E-state index contributed by atoms with van der Waals surface area (Å²) in [5, 5.41) is 24.4. The van der Waals surface area contributed by atoms with Crippen molar-refractivity contribution in [3.63, 3.8) is 0 Å². The number of rotatable bonds is 6. The highest BCUT2D eigenvalue weighted by atomic mass is 32.1. The van der Waals surface area contributed by atoms with Gasteiger partial charge in [-0.1, -0.05) is 30.3 Å². The fourth-order valence-electron chi connectivity index (χ4n) is 2.23. The van der Waals surface area contributed by atoms with Gasteiger partial charge in [0.2, 0.25) is 0 Å². The molecule has 0 aliphatic carbocycles. The average molecular weight is 299 g/mol. The first kappa shape index (κ1) is 14.0. The van der Waals surface area contributed by atoms with Gasteiger partial charge in [-0.15, -0.1) is 0 Å². The van der Waals surface area contributed by atoms with Crippen LogP contribution in [-0.2, 0) is 6.54 Å². The molecule has 21 heavy (non-hydrogen) atoms. The van der Waals surface area contributed by atoms with Crippen molar-refractivity contribution in [1.29, 1.82) is 0 Å². The highest BCUT2D eigenvalue weighted by Gasteiger charge is 2.10. The Morgan fingerprint density at radius 3 is 2.86 bits per heavy atom. The van der Waals surface area contributed by atoms with Gasteiger partial charge in [0.1, 0.15) is 0 Å². The molecule has 0 radical (unpaired) electrons. The van der Waals surface area contributed by atoms with Crippen LogP contribution in [0.3, 0.4) is 0 Å². The van der Waals surface area contributed by atoms with Gasteiger partial charge >= 0.3 is 0 Å². The van der Waals surface area contributed by atoms with Crippen LogP contribution in [0.15, 0.2) is 53.4 Å². The summed E-state index contributed by atoms with van der Waals surface area (Å²) in [5.74, 6) is 0. The monoisotopic (exact) mass is 299 g/mol. The van der Waals surface area contributed by atoms with Gasteiger partial charge in [0.25, 0.3) is 0 Å². The number of thiophene rings is 1. The number of aliphatic hydroxyl groups excluding tert-OH is 1. The molecule has 0 amide bonds. The van der Waals surface area contributed by atoms with E-state index >= 15 is 0 Å². The van der Waals surface area contributed by atoms with Crippen LogP contribution in [0.2, 0.25) is 0 Å². The highest BCUT2D eigenvalue weighted by molar-refractivity contribution is 7.07. The van der Waals surface area contributed by atoms with Gasteiger partial charge in [0, 0.05) is 18.7 Å². The van der Waals surface area contributed by atoms with E-state index < -0.39 is 6.10 Å². The predicted molar refractivity (Wildman–Crippen MR) is 85.0 cm³/mol. The van der Waals surface area contributed by atoms with Crippen LogP contribution >= 0.6 is 11.3 Å². The molecule has 3 aromatic rings. The second-order valence-corrected chi connectivity index (χ2v) is 5.62. The minimum absolute atomic E-state index is 0.469. The zero-order chi connectivity index (χ0) is 14.5. The van der Waals surface area contributed by atoms with Gasteiger partial charge < -0.3 is 10.4 Å². The molecule has 1 aromatic carbocycles. The molecule has 0 fully saturated rings.